The molecule has 0 spiro atoms. The highest BCUT2D eigenvalue weighted by Gasteiger charge is 2.21. The SMILES string of the molecule is COc1ccc(/C=C(\C#N)S(=O)(=O)c2ccccc2)cc1OCC[NH+]1CCOCC1. The van der Waals surface area contributed by atoms with Gasteiger partial charge in [-0.2, -0.15) is 5.26 Å². The van der Waals surface area contributed by atoms with Gasteiger partial charge < -0.3 is 19.1 Å². The fraction of sp³-hybridized carbons (Fsp3) is 0.318. The first-order valence-corrected chi connectivity index (χ1v) is 11.2. The van der Waals surface area contributed by atoms with Gasteiger partial charge in [-0.15, -0.1) is 0 Å². The van der Waals surface area contributed by atoms with Crippen LogP contribution in [0.4, 0.5) is 0 Å². The average Bonchev–Trinajstić information content (AvgIpc) is 2.79. The topological polar surface area (TPSA) is 90.1 Å². The number of benzene rings is 2. The summed E-state index contributed by atoms with van der Waals surface area (Å²) in [5.41, 5.74) is 0.542. The molecular weight excluding hydrogens is 404 g/mol. The summed E-state index contributed by atoms with van der Waals surface area (Å²) in [5, 5.41) is 9.47. The van der Waals surface area contributed by atoms with Gasteiger partial charge in [0.2, 0.25) is 9.84 Å². The van der Waals surface area contributed by atoms with Gasteiger partial charge in [-0.05, 0) is 35.9 Å². The zero-order valence-corrected chi connectivity index (χ0v) is 17.7. The quantitative estimate of drug-likeness (QED) is 0.637. The summed E-state index contributed by atoms with van der Waals surface area (Å²) >= 11 is 0. The number of methoxy groups -OCH3 is 1. The van der Waals surface area contributed by atoms with Crippen molar-refractivity contribution in [2.75, 3.05) is 46.6 Å². The normalized spacial score (nSPS) is 15.4. The lowest BCUT2D eigenvalue weighted by Gasteiger charge is -2.23. The molecule has 0 atom stereocenters. The maximum atomic E-state index is 12.8. The van der Waals surface area contributed by atoms with Crippen molar-refractivity contribution in [3.63, 3.8) is 0 Å². The Bertz CT molecular complexity index is 1020. The number of ether oxygens (including phenoxy) is 3. The van der Waals surface area contributed by atoms with Crippen molar-refractivity contribution in [2.45, 2.75) is 4.90 Å². The monoisotopic (exact) mass is 429 g/mol. The minimum atomic E-state index is -3.90. The van der Waals surface area contributed by atoms with Crippen molar-refractivity contribution in [3.8, 4) is 17.6 Å². The molecule has 0 aromatic heterocycles. The van der Waals surface area contributed by atoms with Gasteiger partial charge in [0.25, 0.3) is 0 Å². The number of morpholine rings is 1. The van der Waals surface area contributed by atoms with Gasteiger partial charge in [-0.3, -0.25) is 0 Å². The predicted octanol–water partition coefficient (Wildman–Crippen LogP) is 1.33. The number of sulfone groups is 1. The van der Waals surface area contributed by atoms with E-state index < -0.39 is 9.84 Å². The molecule has 1 aliphatic heterocycles. The van der Waals surface area contributed by atoms with Gasteiger partial charge in [0, 0.05) is 0 Å². The number of allylic oxidation sites excluding steroid dienone is 1. The Morgan fingerprint density at radius 1 is 1.17 bits per heavy atom. The third kappa shape index (κ3) is 5.39. The Morgan fingerprint density at radius 2 is 1.90 bits per heavy atom. The summed E-state index contributed by atoms with van der Waals surface area (Å²) in [6.45, 7) is 4.74. The first kappa shape index (κ1) is 21.8. The van der Waals surface area contributed by atoms with Crippen molar-refractivity contribution in [1.82, 2.24) is 0 Å². The molecule has 158 valence electrons. The van der Waals surface area contributed by atoms with Crippen LogP contribution in [0.15, 0.2) is 58.3 Å². The number of nitrogens with zero attached hydrogens (tertiary/aromatic N) is 1. The molecule has 7 nitrogen and oxygen atoms in total. The summed E-state index contributed by atoms with van der Waals surface area (Å²) in [5.74, 6) is 1.06. The van der Waals surface area contributed by atoms with Crippen molar-refractivity contribution in [2.24, 2.45) is 0 Å². The van der Waals surface area contributed by atoms with E-state index in [9.17, 15) is 13.7 Å². The van der Waals surface area contributed by atoms with Crippen LogP contribution in [0.2, 0.25) is 0 Å². The van der Waals surface area contributed by atoms with E-state index in [-0.39, 0.29) is 9.80 Å². The van der Waals surface area contributed by atoms with Crippen LogP contribution in [-0.2, 0) is 14.6 Å². The first-order valence-electron chi connectivity index (χ1n) is 9.68. The molecule has 0 unspecified atom stereocenters. The van der Waals surface area contributed by atoms with E-state index >= 15 is 0 Å². The van der Waals surface area contributed by atoms with Crippen molar-refractivity contribution in [3.05, 3.63) is 59.0 Å². The van der Waals surface area contributed by atoms with Crippen LogP contribution < -0.4 is 14.4 Å². The van der Waals surface area contributed by atoms with Gasteiger partial charge in [0.05, 0.1) is 25.2 Å². The molecule has 1 heterocycles. The Labute approximate surface area is 177 Å². The summed E-state index contributed by atoms with van der Waals surface area (Å²) in [6.07, 6.45) is 1.35. The van der Waals surface area contributed by atoms with Crippen LogP contribution in [0.1, 0.15) is 5.56 Å². The molecule has 2 aromatic carbocycles. The molecule has 1 fully saturated rings. The molecule has 1 saturated heterocycles. The Morgan fingerprint density at radius 3 is 2.57 bits per heavy atom. The standard InChI is InChI=1S/C22H24N2O5S/c1-27-21-8-7-18(16-22(21)29-14-11-24-9-12-28-13-10-24)15-20(17-23)30(25,26)19-5-3-2-4-6-19/h2-8,15-16H,9-14H2,1H3/p+1/b20-15+. The van der Waals surface area contributed by atoms with Crippen LogP contribution >= 0.6 is 0 Å². The predicted molar refractivity (Wildman–Crippen MR) is 112 cm³/mol. The van der Waals surface area contributed by atoms with E-state index in [0.29, 0.717) is 23.7 Å². The molecule has 0 bridgehead atoms. The van der Waals surface area contributed by atoms with E-state index in [1.165, 1.54) is 23.1 Å². The van der Waals surface area contributed by atoms with E-state index in [4.69, 9.17) is 14.2 Å². The first-order chi connectivity index (χ1) is 14.5. The lowest BCUT2D eigenvalue weighted by atomic mass is 10.2. The molecule has 0 amide bonds. The largest absolute Gasteiger partial charge is 0.493 e. The molecule has 1 aliphatic rings. The van der Waals surface area contributed by atoms with Crippen LogP contribution in [0.25, 0.3) is 6.08 Å². The maximum Gasteiger partial charge on any atom is 0.216 e. The highest BCUT2D eigenvalue weighted by molar-refractivity contribution is 7.95. The Hall–Kier alpha value is -2.86. The van der Waals surface area contributed by atoms with Crippen LogP contribution in [0.3, 0.4) is 0 Å². The summed E-state index contributed by atoms with van der Waals surface area (Å²) < 4.78 is 42.2. The van der Waals surface area contributed by atoms with Gasteiger partial charge in [0.1, 0.15) is 37.2 Å². The smallest absolute Gasteiger partial charge is 0.216 e. The van der Waals surface area contributed by atoms with E-state index in [0.717, 1.165) is 32.8 Å². The van der Waals surface area contributed by atoms with Gasteiger partial charge in [-0.25, -0.2) is 8.42 Å². The highest BCUT2D eigenvalue weighted by Crippen LogP contribution is 2.30. The molecular formula is C22H25N2O5S+. The fourth-order valence-corrected chi connectivity index (χ4v) is 4.34. The minimum Gasteiger partial charge on any atom is -0.493 e. The molecule has 1 N–H and O–H groups in total. The third-order valence-electron chi connectivity index (χ3n) is 4.85. The number of nitrogens with one attached hydrogen (secondary N) is 1. The maximum absolute atomic E-state index is 12.8. The van der Waals surface area contributed by atoms with E-state index in [1.807, 2.05) is 6.07 Å². The van der Waals surface area contributed by atoms with Crippen LogP contribution in [-0.4, -0.2) is 55.0 Å². The number of rotatable bonds is 8. The average molecular weight is 430 g/mol. The van der Waals surface area contributed by atoms with Crippen molar-refractivity contribution < 1.29 is 27.5 Å². The lowest BCUT2D eigenvalue weighted by molar-refractivity contribution is -0.908. The Kier molecular flexibility index (Phi) is 7.46. The summed E-state index contributed by atoms with van der Waals surface area (Å²) in [6, 6.07) is 14.8. The minimum absolute atomic E-state index is 0.0799. The van der Waals surface area contributed by atoms with E-state index in [2.05, 4.69) is 0 Å². The molecule has 3 rings (SSSR count). The lowest BCUT2D eigenvalue weighted by Crippen LogP contribution is -3.14. The second-order valence-corrected chi connectivity index (χ2v) is 8.73. The highest BCUT2D eigenvalue weighted by atomic mass is 32.2. The number of hydrogen-bond donors (Lipinski definition) is 1. The van der Waals surface area contributed by atoms with Gasteiger partial charge >= 0.3 is 0 Å². The number of quaternary nitrogens is 1. The van der Waals surface area contributed by atoms with Gasteiger partial charge in [0.15, 0.2) is 11.5 Å². The molecule has 8 heteroatoms. The second kappa shape index (κ2) is 10.3. The van der Waals surface area contributed by atoms with Crippen molar-refractivity contribution >= 4 is 15.9 Å². The zero-order valence-electron chi connectivity index (χ0n) is 16.8. The summed E-state index contributed by atoms with van der Waals surface area (Å²) in [7, 11) is -2.35. The molecule has 0 aliphatic carbocycles. The fourth-order valence-electron chi connectivity index (χ4n) is 3.16. The summed E-state index contributed by atoms with van der Waals surface area (Å²) in [4.78, 5) is 1.16. The molecule has 0 saturated carbocycles. The zero-order chi connectivity index (χ0) is 21.4. The van der Waals surface area contributed by atoms with E-state index in [1.54, 1.807) is 43.5 Å². The molecule has 30 heavy (non-hydrogen) atoms. The third-order valence-corrected chi connectivity index (χ3v) is 6.53. The van der Waals surface area contributed by atoms with Crippen LogP contribution in [0.5, 0.6) is 11.5 Å². The Balaban J connectivity index is 1.79. The second-order valence-electron chi connectivity index (χ2n) is 6.81. The van der Waals surface area contributed by atoms with Crippen LogP contribution in [0, 0.1) is 11.3 Å². The number of nitriles is 1. The molecule has 0 radical (unpaired) electrons. The van der Waals surface area contributed by atoms with Gasteiger partial charge in [-0.1, -0.05) is 24.3 Å². The number of hydrogen-bond acceptors (Lipinski definition) is 6. The van der Waals surface area contributed by atoms with Crippen molar-refractivity contribution in [1.29, 1.82) is 5.26 Å². The molecule has 2 aromatic rings.